The van der Waals surface area contributed by atoms with Gasteiger partial charge in [0.1, 0.15) is 19.4 Å². The van der Waals surface area contributed by atoms with E-state index in [9.17, 15) is 14.3 Å². The molecule has 1 aromatic carbocycles. The van der Waals surface area contributed by atoms with Gasteiger partial charge in [-0.1, -0.05) is 0 Å². The number of carboxylic acid groups (broad SMARTS) is 1. The molecular formula is C13H16FNO4. The van der Waals surface area contributed by atoms with Crippen LogP contribution in [-0.4, -0.2) is 30.8 Å². The van der Waals surface area contributed by atoms with Gasteiger partial charge in [0.25, 0.3) is 0 Å². The molecule has 0 amide bonds. The van der Waals surface area contributed by atoms with E-state index in [1.165, 1.54) is 19.1 Å². The summed E-state index contributed by atoms with van der Waals surface area (Å²) in [6.07, 6.45) is -1.22. The van der Waals surface area contributed by atoms with Gasteiger partial charge < -0.3 is 20.3 Å². The summed E-state index contributed by atoms with van der Waals surface area (Å²) in [6.45, 7) is 1.99. The summed E-state index contributed by atoms with van der Waals surface area (Å²) in [6, 6.07) is 3.03. The number of hydrogen-bond acceptors (Lipinski definition) is 4. The second-order valence-electron chi connectivity index (χ2n) is 4.38. The number of benzene rings is 1. The van der Waals surface area contributed by atoms with Crippen LogP contribution in [0.4, 0.5) is 4.39 Å². The zero-order valence-electron chi connectivity index (χ0n) is 10.6. The summed E-state index contributed by atoms with van der Waals surface area (Å²) >= 11 is 0. The Hall–Kier alpha value is -1.82. The molecule has 0 bridgehead atoms. The van der Waals surface area contributed by atoms with E-state index in [1.807, 2.05) is 0 Å². The van der Waals surface area contributed by atoms with E-state index in [1.54, 1.807) is 0 Å². The molecule has 0 aliphatic carbocycles. The average Bonchev–Trinajstić information content (AvgIpc) is 2.38. The highest BCUT2D eigenvalue weighted by molar-refractivity contribution is 5.78. The number of aliphatic carboxylic acids is 1. The van der Waals surface area contributed by atoms with Gasteiger partial charge in [-0.25, -0.2) is 4.39 Å². The Bertz CT molecular complexity index is 490. The molecule has 0 aromatic heterocycles. The second-order valence-corrected chi connectivity index (χ2v) is 4.38. The standard InChI is InChI=1S/C13H16FNO4/c1-7(14)8-4-9(10(6-15)13(16)17)12-11(5-8)18-2-3-19-12/h4-5,7,10H,2-3,6,15H2,1H3,(H,16,17). The van der Waals surface area contributed by atoms with Gasteiger partial charge in [-0.15, -0.1) is 0 Å². The van der Waals surface area contributed by atoms with E-state index in [4.69, 9.17) is 15.2 Å². The van der Waals surface area contributed by atoms with E-state index < -0.39 is 18.1 Å². The van der Waals surface area contributed by atoms with Crippen molar-refractivity contribution in [2.45, 2.75) is 19.0 Å². The fraction of sp³-hybridized carbons (Fsp3) is 0.462. The first kappa shape index (κ1) is 13.6. The summed E-state index contributed by atoms with van der Waals surface area (Å²) in [5, 5.41) is 9.19. The molecule has 5 nitrogen and oxygen atoms in total. The summed E-state index contributed by atoms with van der Waals surface area (Å²) < 4.78 is 24.3. The quantitative estimate of drug-likeness (QED) is 0.868. The van der Waals surface area contributed by atoms with Crippen LogP contribution in [0.15, 0.2) is 12.1 Å². The van der Waals surface area contributed by atoms with Crippen molar-refractivity contribution in [3.8, 4) is 11.5 Å². The van der Waals surface area contributed by atoms with Gasteiger partial charge >= 0.3 is 5.97 Å². The first-order valence-electron chi connectivity index (χ1n) is 6.05. The van der Waals surface area contributed by atoms with E-state index in [2.05, 4.69) is 0 Å². The van der Waals surface area contributed by atoms with Gasteiger partial charge in [0, 0.05) is 12.1 Å². The first-order chi connectivity index (χ1) is 9.04. The highest BCUT2D eigenvalue weighted by Crippen LogP contribution is 2.40. The predicted octanol–water partition coefficient (Wildman–Crippen LogP) is 1.62. The van der Waals surface area contributed by atoms with Crippen LogP contribution < -0.4 is 15.2 Å². The smallest absolute Gasteiger partial charge is 0.312 e. The van der Waals surface area contributed by atoms with E-state index >= 15 is 0 Å². The summed E-state index contributed by atoms with van der Waals surface area (Å²) in [7, 11) is 0. The zero-order chi connectivity index (χ0) is 14.0. The van der Waals surface area contributed by atoms with Crippen molar-refractivity contribution in [1.82, 2.24) is 0 Å². The van der Waals surface area contributed by atoms with Gasteiger partial charge in [-0.05, 0) is 24.6 Å². The Morgan fingerprint density at radius 3 is 2.74 bits per heavy atom. The lowest BCUT2D eigenvalue weighted by atomic mass is 9.94. The van der Waals surface area contributed by atoms with Crippen molar-refractivity contribution < 1.29 is 23.8 Å². The average molecular weight is 269 g/mol. The molecule has 2 unspecified atom stereocenters. The van der Waals surface area contributed by atoms with Crippen LogP contribution in [0.2, 0.25) is 0 Å². The predicted molar refractivity (Wildman–Crippen MR) is 66.4 cm³/mol. The molecule has 1 aliphatic heterocycles. The molecule has 0 radical (unpaired) electrons. The number of halogens is 1. The van der Waals surface area contributed by atoms with Crippen molar-refractivity contribution in [3.63, 3.8) is 0 Å². The van der Waals surface area contributed by atoms with E-state index in [0.717, 1.165) is 0 Å². The van der Waals surface area contributed by atoms with Crippen LogP contribution in [0, 0.1) is 0 Å². The number of hydrogen-bond donors (Lipinski definition) is 2. The first-order valence-corrected chi connectivity index (χ1v) is 6.05. The zero-order valence-corrected chi connectivity index (χ0v) is 10.6. The fourth-order valence-corrected chi connectivity index (χ4v) is 2.05. The minimum atomic E-state index is -1.22. The van der Waals surface area contributed by atoms with Crippen LogP contribution >= 0.6 is 0 Å². The lowest BCUT2D eigenvalue weighted by molar-refractivity contribution is -0.138. The molecule has 0 spiro atoms. The molecule has 0 saturated heterocycles. The minimum absolute atomic E-state index is 0.0880. The normalized spacial score (nSPS) is 16.8. The molecule has 3 N–H and O–H groups in total. The van der Waals surface area contributed by atoms with Crippen molar-refractivity contribution in [2.24, 2.45) is 5.73 Å². The molecule has 1 heterocycles. The highest BCUT2D eigenvalue weighted by atomic mass is 19.1. The topological polar surface area (TPSA) is 81.8 Å². The van der Waals surface area contributed by atoms with Crippen LogP contribution in [0.1, 0.15) is 30.1 Å². The maximum atomic E-state index is 13.5. The molecule has 19 heavy (non-hydrogen) atoms. The van der Waals surface area contributed by atoms with Crippen LogP contribution in [0.5, 0.6) is 11.5 Å². The number of fused-ring (bicyclic) bond motifs is 1. The molecule has 1 aliphatic rings. The number of carboxylic acids is 1. The third-order valence-electron chi connectivity index (χ3n) is 3.06. The highest BCUT2D eigenvalue weighted by Gasteiger charge is 2.28. The molecule has 104 valence electrons. The lowest BCUT2D eigenvalue weighted by Crippen LogP contribution is -2.24. The van der Waals surface area contributed by atoms with Gasteiger partial charge in [-0.2, -0.15) is 0 Å². The molecule has 2 rings (SSSR count). The summed E-state index contributed by atoms with van der Waals surface area (Å²) in [5.41, 5.74) is 6.22. The Labute approximate surface area is 110 Å². The Morgan fingerprint density at radius 1 is 1.47 bits per heavy atom. The largest absolute Gasteiger partial charge is 0.486 e. The molecule has 1 aromatic rings. The number of carbonyl (C=O) groups is 1. The van der Waals surface area contributed by atoms with Crippen LogP contribution in [0.3, 0.4) is 0 Å². The molecular weight excluding hydrogens is 253 g/mol. The second kappa shape index (κ2) is 5.44. The lowest BCUT2D eigenvalue weighted by Gasteiger charge is -2.24. The van der Waals surface area contributed by atoms with Gasteiger partial charge in [-0.3, -0.25) is 4.79 Å². The van der Waals surface area contributed by atoms with Crippen LogP contribution in [-0.2, 0) is 4.79 Å². The molecule has 0 fully saturated rings. The van der Waals surface area contributed by atoms with E-state index in [-0.39, 0.29) is 6.54 Å². The number of nitrogens with two attached hydrogens (primary N) is 1. The third kappa shape index (κ3) is 2.63. The molecule has 6 heteroatoms. The molecule has 0 saturated carbocycles. The van der Waals surface area contributed by atoms with Gasteiger partial charge in [0.15, 0.2) is 11.5 Å². The maximum absolute atomic E-state index is 13.5. The maximum Gasteiger partial charge on any atom is 0.312 e. The number of rotatable bonds is 4. The Kier molecular flexibility index (Phi) is 3.90. The van der Waals surface area contributed by atoms with E-state index in [0.29, 0.717) is 35.8 Å². The summed E-state index contributed by atoms with van der Waals surface area (Å²) in [4.78, 5) is 11.2. The summed E-state index contributed by atoms with van der Waals surface area (Å²) in [5.74, 6) is -1.27. The Balaban J connectivity index is 2.56. The Morgan fingerprint density at radius 2 is 2.16 bits per heavy atom. The van der Waals surface area contributed by atoms with Crippen LogP contribution in [0.25, 0.3) is 0 Å². The number of alkyl halides is 1. The number of ether oxygens (including phenoxy) is 2. The van der Waals surface area contributed by atoms with Crippen molar-refractivity contribution in [3.05, 3.63) is 23.3 Å². The molecule has 2 atom stereocenters. The fourth-order valence-electron chi connectivity index (χ4n) is 2.05. The third-order valence-corrected chi connectivity index (χ3v) is 3.06. The van der Waals surface area contributed by atoms with Gasteiger partial charge in [0.05, 0.1) is 5.92 Å². The van der Waals surface area contributed by atoms with Crippen molar-refractivity contribution in [2.75, 3.05) is 19.8 Å². The minimum Gasteiger partial charge on any atom is -0.486 e. The monoisotopic (exact) mass is 269 g/mol. The van der Waals surface area contributed by atoms with Crippen molar-refractivity contribution >= 4 is 5.97 Å². The van der Waals surface area contributed by atoms with Crippen molar-refractivity contribution in [1.29, 1.82) is 0 Å². The SMILES string of the molecule is CC(F)c1cc2c(c(C(CN)C(=O)O)c1)OCCO2. The van der Waals surface area contributed by atoms with Gasteiger partial charge in [0.2, 0.25) is 0 Å².